The van der Waals surface area contributed by atoms with Crippen LogP contribution in [0.15, 0.2) is 34.0 Å². The Morgan fingerprint density at radius 3 is 2.67 bits per heavy atom. The monoisotopic (exact) mass is 579 g/mol. The molecule has 3 heterocycles. The number of oxime groups is 1. The van der Waals surface area contributed by atoms with Crippen molar-refractivity contribution in [2.45, 2.75) is 69.8 Å². The van der Waals surface area contributed by atoms with Gasteiger partial charge in [-0.05, 0) is 38.2 Å². The van der Waals surface area contributed by atoms with Crippen molar-refractivity contribution in [1.29, 1.82) is 0 Å². The third-order valence-corrected chi connectivity index (χ3v) is 8.25. The molecule has 2 aliphatic heterocycles. The van der Waals surface area contributed by atoms with Crippen LogP contribution in [-0.4, -0.2) is 74.3 Å². The van der Waals surface area contributed by atoms with Crippen LogP contribution in [0.3, 0.4) is 0 Å². The van der Waals surface area contributed by atoms with Crippen LogP contribution in [0.25, 0.3) is 0 Å². The molecule has 3 atom stereocenters. The number of anilines is 1. The lowest BCUT2D eigenvalue weighted by Crippen LogP contribution is -2.71. The van der Waals surface area contributed by atoms with Gasteiger partial charge >= 0.3 is 12.1 Å². The number of hydrogen-bond donors (Lipinski definition) is 3. The van der Waals surface area contributed by atoms with Crippen LogP contribution in [0.4, 0.5) is 9.93 Å². The first-order chi connectivity index (χ1) is 18.7. The summed E-state index contributed by atoms with van der Waals surface area (Å²) in [6.45, 7) is 3.15. The molecule has 210 valence electrons. The fourth-order valence-corrected chi connectivity index (χ4v) is 6.36. The van der Waals surface area contributed by atoms with Gasteiger partial charge in [-0.2, -0.15) is 0 Å². The Labute approximate surface area is 232 Å². The number of fused-ring (bicyclic) bond motifs is 1. The van der Waals surface area contributed by atoms with Crippen LogP contribution in [0.1, 0.15) is 51.6 Å². The number of ether oxygens (including phenoxy) is 3. The SMILES string of the molecule is C/C=C\C1=C(C(=O)OC(C)OC(=O)OC2CCCCC2)N2C(=O)C(NC(=O)/C(=N\O)c3csc(N)n3)[C@H]2SC1. The summed E-state index contributed by atoms with van der Waals surface area (Å²) in [4.78, 5) is 56.3. The van der Waals surface area contributed by atoms with Crippen LogP contribution >= 0.6 is 23.1 Å². The van der Waals surface area contributed by atoms with Crippen molar-refractivity contribution in [2.75, 3.05) is 11.5 Å². The number of hydrogen-bond acceptors (Lipinski definition) is 13. The maximum atomic E-state index is 13.2. The topological polar surface area (TPSA) is 183 Å². The van der Waals surface area contributed by atoms with Gasteiger partial charge in [0, 0.05) is 18.1 Å². The van der Waals surface area contributed by atoms with E-state index < -0.39 is 47.4 Å². The van der Waals surface area contributed by atoms with Gasteiger partial charge in [0.25, 0.3) is 11.8 Å². The average Bonchev–Trinajstić information content (AvgIpc) is 3.33. The molecule has 4 rings (SSSR count). The molecule has 1 aromatic heterocycles. The molecule has 1 aliphatic carbocycles. The Bertz CT molecular complexity index is 1220. The lowest BCUT2D eigenvalue weighted by molar-refractivity contribution is -0.169. The summed E-state index contributed by atoms with van der Waals surface area (Å²) in [5, 5.41) is 15.9. The number of carbonyl (C=O) groups is 4. The maximum absolute atomic E-state index is 13.2. The molecule has 2 unspecified atom stereocenters. The molecule has 1 saturated heterocycles. The fraction of sp³-hybridized carbons (Fsp3) is 0.500. The van der Waals surface area contributed by atoms with Crippen molar-refractivity contribution in [1.82, 2.24) is 15.2 Å². The van der Waals surface area contributed by atoms with Gasteiger partial charge in [-0.25, -0.2) is 14.6 Å². The number of thioether (sulfide) groups is 1. The highest BCUT2D eigenvalue weighted by atomic mass is 32.2. The lowest BCUT2D eigenvalue weighted by Gasteiger charge is -2.49. The predicted octanol–water partition coefficient (Wildman–Crippen LogP) is 2.51. The molecule has 4 N–H and O–H groups in total. The van der Waals surface area contributed by atoms with Gasteiger partial charge in [0.15, 0.2) is 10.8 Å². The summed E-state index contributed by atoms with van der Waals surface area (Å²) in [6, 6.07) is -0.996. The lowest BCUT2D eigenvalue weighted by atomic mass is 9.98. The van der Waals surface area contributed by atoms with E-state index in [1.807, 2.05) is 0 Å². The summed E-state index contributed by atoms with van der Waals surface area (Å²) in [5.41, 5.74) is 5.78. The van der Waals surface area contributed by atoms with Crippen LogP contribution in [0, 0.1) is 0 Å². The van der Waals surface area contributed by atoms with E-state index in [9.17, 15) is 24.4 Å². The first-order valence-corrected chi connectivity index (χ1v) is 14.3. The highest BCUT2D eigenvalue weighted by Crippen LogP contribution is 2.41. The normalized spacial score (nSPS) is 22.7. The third kappa shape index (κ3) is 6.36. The number of nitrogens with one attached hydrogen (secondary N) is 1. The van der Waals surface area contributed by atoms with Crippen LogP contribution < -0.4 is 11.1 Å². The molecule has 15 heteroatoms. The van der Waals surface area contributed by atoms with E-state index in [2.05, 4.69) is 15.5 Å². The Kier molecular flexibility index (Phi) is 9.12. The van der Waals surface area contributed by atoms with E-state index in [4.69, 9.17) is 19.9 Å². The number of rotatable bonds is 8. The third-order valence-electron chi connectivity index (χ3n) is 6.28. The van der Waals surface area contributed by atoms with Crippen molar-refractivity contribution in [3.8, 4) is 0 Å². The summed E-state index contributed by atoms with van der Waals surface area (Å²) in [5.74, 6) is -1.90. The largest absolute Gasteiger partial charge is 0.511 e. The van der Waals surface area contributed by atoms with E-state index in [1.165, 1.54) is 29.0 Å². The number of esters is 1. The fourth-order valence-electron chi connectivity index (χ4n) is 4.49. The number of nitrogens with zero attached hydrogens (tertiary/aromatic N) is 3. The van der Waals surface area contributed by atoms with Crippen LogP contribution in [0.5, 0.6) is 0 Å². The molecule has 2 fully saturated rings. The molecule has 39 heavy (non-hydrogen) atoms. The number of thiazole rings is 1. The summed E-state index contributed by atoms with van der Waals surface area (Å²) < 4.78 is 15.8. The van der Waals surface area contributed by atoms with Crippen LogP contribution in [0.2, 0.25) is 0 Å². The van der Waals surface area contributed by atoms with Gasteiger partial charge in [-0.15, -0.1) is 23.1 Å². The Hall–Kier alpha value is -3.59. The zero-order valence-electron chi connectivity index (χ0n) is 21.3. The molecule has 1 aromatic rings. The number of amides is 2. The van der Waals surface area contributed by atoms with E-state index >= 15 is 0 Å². The first-order valence-electron chi connectivity index (χ1n) is 12.4. The minimum absolute atomic E-state index is 0.00762. The smallest absolute Gasteiger partial charge is 0.431 e. The number of aromatic nitrogens is 1. The second-order valence-corrected chi connectivity index (χ2v) is 11.0. The molecule has 3 aliphatic rings. The molecular weight excluding hydrogens is 550 g/mol. The van der Waals surface area contributed by atoms with Gasteiger partial charge in [0.05, 0.1) is 0 Å². The zero-order chi connectivity index (χ0) is 28.1. The van der Waals surface area contributed by atoms with Gasteiger partial charge in [-0.3, -0.25) is 14.5 Å². The van der Waals surface area contributed by atoms with E-state index in [1.54, 1.807) is 19.1 Å². The van der Waals surface area contributed by atoms with E-state index in [0.29, 0.717) is 11.3 Å². The Balaban J connectivity index is 1.41. The first kappa shape index (κ1) is 28.4. The van der Waals surface area contributed by atoms with Gasteiger partial charge in [0.2, 0.25) is 6.29 Å². The maximum Gasteiger partial charge on any atom is 0.511 e. The molecule has 1 saturated carbocycles. The molecule has 13 nitrogen and oxygen atoms in total. The van der Waals surface area contributed by atoms with Gasteiger partial charge in [0.1, 0.15) is 28.9 Å². The van der Waals surface area contributed by atoms with Crippen molar-refractivity contribution >= 4 is 57.9 Å². The molecule has 0 bridgehead atoms. The summed E-state index contributed by atoms with van der Waals surface area (Å²) in [7, 11) is 0. The number of carbonyl (C=O) groups excluding carboxylic acids is 4. The molecule has 2 amide bonds. The summed E-state index contributed by atoms with van der Waals surface area (Å²) in [6.07, 6.45) is 5.58. The second kappa shape index (κ2) is 12.5. The molecular formula is C24H29N5O8S2. The van der Waals surface area contributed by atoms with Crippen LogP contribution in [-0.2, 0) is 28.6 Å². The molecule has 0 aromatic carbocycles. The molecule has 0 spiro atoms. The minimum atomic E-state index is -1.26. The number of nitrogen functional groups attached to an aromatic ring is 1. The standard InChI is InChI=1S/C24H29N5O8S2/c1-3-7-13-10-38-21-17(27-19(30)16(28-34)15-11-39-23(25)26-15)20(31)29(21)18(13)22(32)35-12(2)36-24(33)37-14-8-5-4-6-9-14/h3,7,11-12,14,17,21,34H,4-6,8-10H2,1-2H3,(H2,25,26)(H,27,30)/b7-3-,28-16-/t12?,17?,21-/m1/s1. The second-order valence-electron chi connectivity index (χ2n) is 8.97. The highest BCUT2D eigenvalue weighted by Gasteiger charge is 2.54. The van der Waals surface area contributed by atoms with Gasteiger partial charge < -0.3 is 30.5 Å². The van der Waals surface area contributed by atoms with Crippen molar-refractivity contribution in [2.24, 2.45) is 5.16 Å². The van der Waals surface area contributed by atoms with E-state index in [0.717, 1.165) is 43.4 Å². The quantitative estimate of drug-likeness (QED) is 0.103. The number of β-lactam (4-membered cyclic amide) rings is 1. The van der Waals surface area contributed by atoms with Crippen molar-refractivity contribution in [3.05, 3.63) is 34.5 Å². The van der Waals surface area contributed by atoms with Gasteiger partial charge in [-0.1, -0.05) is 23.7 Å². The number of allylic oxidation sites excluding steroid dienone is 2. The Morgan fingerprint density at radius 2 is 2.03 bits per heavy atom. The van der Waals surface area contributed by atoms with E-state index in [-0.39, 0.29) is 22.6 Å². The predicted molar refractivity (Wildman–Crippen MR) is 142 cm³/mol. The zero-order valence-corrected chi connectivity index (χ0v) is 23.0. The minimum Gasteiger partial charge on any atom is -0.431 e. The summed E-state index contributed by atoms with van der Waals surface area (Å²) >= 11 is 2.40. The number of nitrogens with two attached hydrogens (primary N) is 1. The van der Waals surface area contributed by atoms with Crippen molar-refractivity contribution in [3.63, 3.8) is 0 Å². The highest BCUT2D eigenvalue weighted by molar-refractivity contribution is 8.00. The van der Waals surface area contributed by atoms with Crippen molar-refractivity contribution < 1.29 is 38.6 Å². The average molecular weight is 580 g/mol. The molecule has 0 radical (unpaired) electrons. The Morgan fingerprint density at radius 1 is 1.28 bits per heavy atom.